The van der Waals surface area contributed by atoms with E-state index in [9.17, 15) is 0 Å². The summed E-state index contributed by atoms with van der Waals surface area (Å²) in [5.41, 5.74) is 2.38. The summed E-state index contributed by atoms with van der Waals surface area (Å²) < 4.78 is 3.13. The van der Waals surface area contributed by atoms with Crippen LogP contribution in [-0.4, -0.2) is 16.6 Å². The Morgan fingerprint density at radius 1 is 1.16 bits per heavy atom. The number of nitrogens with zero attached hydrogens (tertiary/aromatic N) is 3. The van der Waals surface area contributed by atoms with Crippen LogP contribution in [0.4, 0.5) is 11.5 Å². The standard InChI is InChI=1S/C15H14BrN3/c1-18-10-14(12-5-3-4-6-13(12)18)19(2)15-8-7-11(16)9-17-15/h3-10H,1-2H3. The number of rotatable bonds is 2. The summed E-state index contributed by atoms with van der Waals surface area (Å²) in [5, 5.41) is 1.23. The van der Waals surface area contributed by atoms with E-state index in [1.54, 1.807) is 0 Å². The third-order valence-electron chi connectivity index (χ3n) is 3.29. The molecule has 2 aromatic heterocycles. The molecular formula is C15H14BrN3. The number of anilines is 2. The maximum Gasteiger partial charge on any atom is 0.132 e. The van der Waals surface area contributed by atoms with Crippen molar-refractivity contribution in [2.45, 2.75) is 0 Å². The molecule has 0 aliphatic carbocycles. The number of benzene rings is 1. The highest BCUT2D eigenvalue weighted by Gasteiger charge is 2.12. The van der Waals surface area contributed by atoms with E-state index in [1.807, 2.05) is 25.4 Å². The second-order valence-electron chi connectivity index (χ2n) is 4.54. The molecule has 0 amide bonds. The molecule has 0 unspecified atom stereocenters. The molecule has 0 radical (unpaired) electrons. The smallest absolute Gasteiger partial charge is 0.132 e. The number of pyridine rings is 1. The van der Waals surface area contributed by atoms with Crippen LogP contribution in [0.5, 0.6) is 0 Å². The lowest BCUT2D eigenvalue weighted by Gasteiger charge is -2.17. The lowest BCUT2D eigenvalue weighted by Crippen LogP contribution is -2.10. The Balaban J connectivity index is 2.11. The van der Waals surface area contributed by atoms with Crippen molar-refractivity contribution >= 4 is 38.3 Å². The Kier molecular flexibility index (Phi) is 3.03. The highest BCUT2D eigenvalue weighted by atomic mass is 79.9. The van der Waals surface area contributed by atoms with Gasteiger partial charge in [-0.3, -0.25) is 0 Å². The molecule has 0 fully saturated rings. The summed E-state index contributed by atoms with van der Waals surface area (Å²) >= 11 is 3.41. The number of hydrogen-bond donors (Lipinski definition) is 0. The molecule has 4 heteroatoms. The summed E-state index contributed by atoms with van der Waals surface area (Å²) in [5.74, 6) is 0.930. The molecule has 0 saturated heterocycles. The van der Waals surface area contributed by atoms with E-state index in [0.717, 1.165) is 16.0 Å². The summed E-state index contributed by atoms with van der Waals surface area (Å²) in [6.45, 7) is 0. The molecule has 0 aliphatic heterocycles. The first-order chi connectivity index (χ1) is 9.16. The first-order valence-electron chi connectivity index (χ1n) is 6.06. The van der Waals surface area contributed by atoms with Gasteiger partial charge in [-0.1, -0.05) is 18.2 Å². The fourth-order valence-corrected chi connectivity index (χ4v) is 2.51. The molecule has 0 atom stereocenters. The molecule has 0 saturated carbocycles. The van der Waals surface area contributed by atoms with Crippen LogP contribution < -0.4 is 4.90 Å². The van der Waals surface area contributed by atoms with Crippen molar-refractivity contribution in [1.29, 1.82) is 0 Å². The summed E-state index contributed by atoms with van der Waals surface area (Å²) in [6.07, 6.45) is 3.95. The van der Waals surface area contributed by atoms with E-state index in [4.69, 9.17) is 0 Å². The quantitative estimate of drug-likeness (QED) is 0.709. The summed E-state index contributed by atoms with van der Waals surface area (Å²) in [6, 6.07) is 12.4. The lowest BCUT2D eigenvalue weighted by atomic mass is 10.2. The van der Waals surface area contributed by atoms with Crippen LogP contribution in [0, 0.1) is 0 Å². The van der Waals surface area contributed by atoms with Crippen LogP contribution in [-0.2, 0) is 7.05 Å². The van der Waals surface area contributed by atoms with Crippen molar-refractivity contribution in [1.82, 2.24) is 9.55 Å². The Labute approximate surface area is 120 Å². The first kappa shape index (κ1) is 12.2. The van der Waals surface area contributed by atoms with Gasteiger partial charge in [-0.25, -0.2) is 4.98 Å². The second-order valence-corrected chi connectivity index (χ2v) is 5.45. The van der Waals surface area contributed by atoms with Gasteiger partial charge in [0.15, 0.2) is 0 Å². The van der Waals surface area contributed by atoms with Gasteiger partial charge in [0.05, 0.1) is 5.69 Å². The molecule has 19 heavy (non-hydrogen) atoms. The van der Waals surface area contributed by atoms with Crippen LogP contribution >= 0.6 is 15.9 Å². The highest BCUT2D eigenvalue weighted by molar-refractivity contribution is 9.10. The minimum absolute atomic E-state index is 0.930. The average Bonchev–Trinajstić information content (AvgIpc) is 2.77. The van der Waals surface area contributed by atoms with Gasteiger partial charge >= 0.3 is 0 Å². The van der Waals surface area contributed by atoms with Crippen LogP contribution in [0.2, 0.25) is 0 Å². The van der Waals surface area contributed by atoms with Gasteiger partial charge in [-0.15, -0.1) is 0 Å². The molecule has 96 valence electrons. The Morgan fingerprint density at radius 2 is 1.95 bits per heavy atom. The van der Waals surface area contributed by atoms with Crippen molar-refractivity contribution in [2.75, 3.05) is 11.9 Å². The largest absolute Gasteiger partial charge is 0.348 e. The number of aromatic nitrogens is 2. The van der Waals surface area contributed by atoms with Crippen molar-refractivity contribution in [3.63, 3.8) is 0 Å². The topological polar surface area (TPSA) is 21.1 Å². The van der Waals surface area contributed by atoms with Crippen LogP contribution in [0.1, 0.15) is 0 Å². The molecule has 3 nitrogen and oxygen atoms in total. The molecule has 2 heterocycles. The zero-order valence-electron chi connectivity index (χ0n) is 10.8. The van der Waals surface area contributed by atoms with E-state index in [0.29, 0.717) is 0 Å². The van der Waals surface area contributed by atoms with Crippen molar-refractivity contribution in [3.8, 4) is 0 Å². The van der Waals surface area contributed by atoms with Gasteiger partial charge in [0.1, 0.15) is 5.82 Å². The third-order valence-corrected chi connectivity index (χ3v) is 3.76. The van der Waals surface area contributed by atoms with E-state index in [1.165, 1.54) is 10.9 Å². The number of halogens is 1. The van der Waals surface area contributed by atoms with Crippen LogP contribution in [0.25, 0.3) is 10.9 Å². The van der Waals surface area contributed by atoms with Gasteiger partial charge in [-0.05, 0) is 34.1 Å². The zero-order chi connectivity index (χ0) is 13.4. The molecule has 3 aromatic rings. The normalized spacial score (nSPS) is 10.9. The van der Waals surface area contributed by atoms with Crippen molar-refractivity contribution in [2.24, 2.45) is 7.05 Å². The average molecular weight is 316 g/mol. The maximum atomic E-state index is 4.44. The number of aryl methyl sites for hydroxylation is 1. The minimum atomic E-state index is 0.930. The molecule has 1 aromatic carbocycles. The van der Waals surface area contributed by atoms with Crippen LogP contribution in [0.15, 0.2) is 53.3 Å². The van der Waals surface area contributed by atoms with Gasteiger partial charge < -0.3 is 9.47 Å². The molecular weight excluding hydrogens is 302 g/mol. The lowest BCUT2D eigenvalue weighted by molar-refractivity contribution is 0.964. The number of para-hydroxylation sites is 1. The third kappa shape index (κ3) is 2.12. The highest BCUT2D eigenvalue weighted by Crippen LogP contribution is 2.31. The maximum absolute atomic E-state index is 4.44. The second kappa shape index (κ2) is 4.70. The van der Waals surface area contributed by atoms with Crippen molar-refractivity contribution in [3.05, 3.63) is 53.3 Å². The van der Waals surface area contributed by atoms with Crippen molar-refractivity contribution < 1.29 is 0 Å². The number of hydrogen-bond acceptors (Lipinski definition) is 2. The fourth-order valence-electron chi connectivity index (χ4n) is 2.28. The van der Waals surface area contributed by atoms with E-state index < -0.39 is 0 Å². The Hall–Kier alpha value is -1.81. The van der Waals surface area contributed by atoms with Crippen LogP contribution in [0.3, 0.4) is 0 Å². The molecule has 0 aliphatic rings. The SMILES string of the molecule is CN(c1ccc(Br)cn1)c1cn(C)c2ccccc12. The van der Waals surface area contributed by atoms with Gasteiger partial charge in [-0.2, -0.15) is 0 Å². The van der Waals surface area contributed by atoms with Gasteiger partial charge in [0.25, 0.3) is 0 Å². The first-order valence-corrected chi connectivity index (χ1v) is 6.85. The summed E-state index contributed by atoms with van der Waals surface area (Å²) in [4.78, 5) is 6.55. The predicted octanol–water partition coefficient (Wildman–Crippen LogP) is 4.10. The molecule has 3 rings (SSSR count). The zero-order valence-corrected chi connectivity index (χ0v) is 12.4. The van der Waals surface area contributed by atoms with E-state index in [2.05, 4.69) is 67.9 Å². The fraction of sp³-hybridized carbons (Fsp3) is 0.133. The monoisotopic (exact) mass is 315 g/mol. The van der Waals surface area contributed by atoms with E-state index >= 15 is 0 Å². The molecule has 0 spiro atoms. The minimum Gasteiger partial charge on any atom is -0.348 e. The number of fused-ring (bicyclic) bond motifs is 1. The van der Waals surface area contributed by atoms with Gasteiger partial charge in [0, 0.05) is 41.9 Å². The molecule has 0 N–H and O–H groups in total. The van der Waals surface area contributed by atoms with Gasteiger partial charge in [0.2, 0.25) is 0 Å². The Bertz CT molecular complexity index is 716. The Morgan fingerprint density at radius 3 is 2.68 bits per heavy atom. The summed E-state index contributed by atoms with van der Waals surface area (Å²) in [7, 11) is 4.10. The predicted molar refractivity (Wildman–Crippen MR) is 82.9 cm³/mol. The molecule has 0 bridgehead atoms. The van der Waals surface area contributed by atoms with E-state index in [-0.39, 0.29) is 0 Å².